The molecule has 0 N–H and O–H groups in total. The number of benzene rings is 1. The molecule has 0 unspecified atom stereocenters. The molecule has 2 heterocycles. The minimum absolute atomic E-state index is 0.283. The number of rotatable bonds is 1. The second-order valence-corrected chi connectivity index (χ2v) is 4.57. The molecule has 3 atom stereocenters. The lowest BCUT2D eigenvalue weighted by molar-refractivity contribution is 0.0164. The summed E-state index contributed by atoms with van der Waals surface area (Å²) in [4.78, 5) is 2.48. The van der Waals surface area contributed by atoms with E-state index in [-0.39, 0.29) is 6.23 Å². The van der Waals surface area contributed by atoms with Crippen LogP contribution in [-0.4, -0.2) is 23.8 Å². The number of fused-ring (bicyclic) bond motifs is 1. The molecular formula is C14H17NO. The second kappa shape index (κ2) is 4.04. The Kier molecular flexibility index (Phi) is 2.54. The van der Waals surface area contributed by atoms with Gasteiger partial charge >= 0.3 is 0 Å². The van der Waals surface area contributed by atoms with Gasteiger partial charge in [-0.05, 0) is 12.5 Å². The van der Waals surface area contributed by atoms with E-state index in [0.29, 0.717) is 12.1 Å². The Bertz CT molecular complexity index is 387. The van der Waals surface area contributed by atoms with Crippen LogP contribution >= 0.6 is 0 Å². The minimum atomic E-state index is 0.283. The summed E-state index contributed by atoms with van der Waals surface area (Å²) in [5.41, 5.74) is 1.37. The van der Waals surface area contributed by atoms with E-state index in [2.05, 4.69) is 54.3 Å². The molecule has 16 heavy (non-hydrogen) atoms. The number of hydrogen-bond donors (Lipinski definition) is 0. The molecule has 1 fully saturated rings. The van der Waals surface area contributed by atoms with E-state index in [4.69, 9.17) is 4.74 Å². The van der Waals surface area contributed by atoms with Crippen molar-refractivity contribution >= 4 is 0 Å². The van der Waals surface area contributed by atoms with Crippen LogP contribution in [0.5, 0.6) is 0 Å². The zero-order valence-electron chi connectivity index (χ0n) is 9.54. The molecule has 0 amide bonds. The van der Waals surface area contributed by atoms with Gasteiger partial charge in [0.2, 0.25) is 0 Å². The highest BCUT2D eigenvalue weighted by molar-refractivity contribution is 5.21. The van der Waals surface area contributed by atoms with E-state index in [1.54, 1.807) is 0 Å². The molecular weight excluding hydrogens is 198 g/mol. The SMILES string of the molecule is C[C@H]1C=CC[C@H]2OC[C@@H](c3ccccc3)N12. The molecule has 0 bridgehead atoms. The molecule has 1 aromatic carbocycles. The summed E-state index contributed by atoms with van der Waals surface area (Å²) in [7, 11) is 0. The van der Waals surface area contributed by atoms with Gasteiger partial charge in [0.05, 0.1) is 12.6 Å². The van der Waals surface area contributed by atoms with E-state index in [1.165, 1.54) is 5.56 Å². The third-order valence-electron chi connectivity index (χ3n) is 3.55. The fourth-order valence-electron chi connectivity index (χ4n) is 2.75. The van der Waals surface area contributed by atoms with Crippen LogP contribution in [0.25, 0.3) is 0 Å². The van der Waals surface area contributed by atoms with Crippen LogP contribution < -0.4 is 0 Å². The summed E-state index contributed by atoms with van der Waals surface area (Å²) in [5.74, 6) is 0. The minimum Gasteiger partial charge on any atom is -0.361 e. The molecule has 1 aromatic rings. The maximum absolute atomic E-state index is 5.87. The second-order valence-electron chi connectivity index (χ2n) is 4.57. The average Bonchev–Trinajstić information content (AvgIpc) is 2.75. The fraction of sp³-hybridized carbons (Fsp3) is 0.429. The van der Waals surface area contributed by atoms with Gasteiger partial charge < -0.3 is 4.74 Å². The Morgan fingerprint density at radius 3 is 2.88 bits per heavy atom. The van der Waals surface area contributed by atoms with Gasteiger partial charge in [0.1, 0.15) is 6.23 Å². The first-order chi connectivity index (χ1) is 7.86. The van der Waals surface area contributed by atoms with Gasteiger partial charge in [-0.15, -0.1) is 0 Å². The summed E-state index contributed by atoms with van der Waals surface area (Å²) in [6.45, 7) is 3.06. The largest absolute Gasteiger partial charge is 0.361 e. The van der Waals surface area contributed by atoms with Crippen molar-refractivity contribution in [2.24, 2.45) is 0 Å². The Labute approximate surface area is 96.5 Å². The Morgan fingerprint density at radius 1 is 1.25 bits per heavy atom. The molecule has 0 radical (unpaired) electrons. The van der Waals surface area contributed by atoms with Crippen molar-refractivity contribution in [2.75, 3.05) is 6.61 Å². The topological polar surface area (TPSA) is 12.5 Å². The highest BCUT2D eigenvalue weighted by Gasteiger charge is 2.38. The third-order valence-corrected chi connectivity index (χ3v) is 3.55. The molecule has 3 rings (SSSR count). The summed E-state index contributed by atoms with van der Waals surface area (Å²) >= 11 is 0. The lowest BCUT2D eigenvalue weighted by atomic mass is 10.0. The van der Waals surface area contributed by atoms with Crippen molar-refractivity contribution in [3.63, 3.8) is 0 Å². The first-order valence-corrected chi connectivity index (χ1v) is 5.97. The van der Waals surface area contributed by atoms with Crippen molar-refractivity contribution in [2.45, 2.75) is 31.7 Å². The zero-order chi connectivity index (χ0) is 11.0. The molecule has 0 spiro atoms. The molecule has 0 aromatic heterocycles. The van der Waals surface area contributed by atoms with Gasteiger partial charge in [-0.25, -0.2) is 0 Å². The van der Waals surface area contributed by atoms with Crippen molar-refractivity contribution in [1.82, 2.24) is 4.90 Å². The quantitative estimate of drug-likeness (QED) is 0.668. The molecule has 0 saturated carbocycles. The Hall–Kier alpha value is -1.12. The molecule has 2 nitrogen and oxygen atoms in total. The van der Waals surface area contributed by atoms with Gasteiger partial charge in [-0.1, -0.05) is 42.5 Å². The van der Waals surface area contributed by atoms with E-state index >= 15 is 0 Å². The molecule has 84 valence electrons. The molecule has 2 aliphatic heterocycles. The summed E-state index contributed by atoms with van der Waals surface area (Å²) in [5, 5.41) is 0. The van der Waals surface area contributed by atoms with Crippen LogP contribution in [0.3, 0.4) is 0 Å². The predicted molar refractivity (Wildman–Crippen MR) is 64.0 cm³/mol. The van der Waals surface area contributed by atoms with Crippen LogP contribution in [0.2, 0.25) is 0 Å². The number of hydrogen-bond acceptors (Lipinski definition) is 2. The maximum Gasteiger partial charge on any atom is 0.115 e. The molecule has 0 aliphatic carbocycles. The van der Waals surface area contributed by atoms with E-state index in [9.17, 15) is 0 Å². The Balaban J connectivity index is 1.90. The standard InChI is InChI=1S/C14H17NO/c1-11-6-5-9-14-15(11)13(10-16-14)12-7-3-2-4-8-12/h2-8,11,13-14H,9-10H2,1H3/t11-,13-,14+/m0/s1. The van der Waals surface area contributed by atoms with Gasteiger partial charge in [0.15, 0.2) is 0 Å². The van der Waals surface area contributed by atoms with Crippen LogP contribution in [0.15, 0.2) is 42.5 Å². The van der Waals surface area contributed by atoms with E-state index in [1.807, 2.05) is 0 Å². The fourth-order valence-corrected chi connectivity index (χ4v) is 2.75. The average molecular weight is 215 g/mol. The van der Waals surface area contributed by atoms with Crippen LogP contribution in [-0.2, 0) is 4.74 Å². The maximum atomic E-state index is 5.87. The lowest BCUT2D eigenvalue weighted by Gasteiger charge is -2.34. The summed E-state index contributed by atoms with van der Waals surface area (Å²) in [6, 6.07) is 11.6. The van der Waals surface area contributed by atoms with Crippen molar-refractivity contribution in [1.29, 1.82) is 0 Å². The van der Waals surface area contributed by atoms with Crippen LogP contribution in [0.1, 0.15) is 24.9 Å². The highest BCUT2D eigenvalue weighted by Crippen LogP contribution is 2.35. The molecule has 1 saturated heterocycles. The van der Waals surface area contributed by atoms with Gasteiger partial charge in [-0.3, -0.25) is 4.90 Å². The summed E-state index contributed by atoms with van der Waals surface area (Å²) < 4.78 is 5.87. The first kappa shape index (κ1) is 10.1. The number of ether oxygens (including phenoxy) is 1. The van der Waals surface area contributed by atoms with Crippen molar-refractivity contribution in [3.8, 4) is 0 Å². The normalized spacial score (nSPS) is 33.9. The van der Waals surface area contributed by atoms with Crippen molar-refractivity contribution in [3.05, 3.63) is 48.0 Å². The zero-order valence-corrected chi connectivity index (χ0v) is 9.54. The van der Waals surface area contributed by atoms with E-state index in [0.717, 1.165) is 13.0 Å². The van der Waals surface area contributed by atoms with Gasteiger partial charge in [0, 0.05) is 12.5 Å². The number of nitrogens with zero attached hydrogens (tertiary/aromatic N) is 1. The highest BCUT2D eigenvalue weighted by atomic mass is 16.5. The lowest BCUT2D eigenvalue weighted by Crippen LogP contribution is -2.40. The monoisotopic (exact) mass is 215 g/mol. The third kappa shape index (κ3) is 1.58. The molecule has 2 aliphatic rings. The first-order valence-electron chi connectivity index (χ1n) is 5.97. The van der Waals surface area contributed by atoms with E-state index < -0.39 is 0 Å². The van der Waals surface area contributed by atoms with Crippen LogP contribution in [0.4, 0.5) is 0 Å². The van der Waals surface area contributed by atoms with Crippen LogP contribution in [0, 0.1) is 0 Å². The smallest absolute Gasteiger partial charge is 0.115 e. The van der Waals surface area contributed by atoms with Gasteiger partial charge in [0.25, 0.3) is 0 Å². The van der Waals surface area contributed by atoms with Gasteiger partial charge in [-0.2, -0.15) is 0 Å². The van der Waals surface area contributed by atoms with Crippen molar-refractivity contribution < 1.29 is 4.74 Å². The Morgan fingerprint density at radius 2 is 2.06 bits per heavy atom. The molecule has 2 heteroatoms. The predicted octanol–water partition coefficient (Wildman–Crippen LogP) is 2.73. The summed E-state index contributed by atoms with van der Waals surface area (Å²) in [6.07, 6.45) is 5.82.